The van der Waals surface area contributed by atoms with Gasteiger partial charge in [0, 0.05) is 6.04 Å². The molecule has 0 heterocycles. The predicted octanol–water partition coefficient (Wildman–Crippen LogP) is 2.26. The van der Waals surface area contributed by atoms with E-state index < -0.39 is 9.84 Å². The molecule has 1 fully saturated rings. The second kappa shape index (κ2) is 5.92. The molecule has 0 atom stereocenters. The molecule has 0 spiro atoms. The highest BCUT2D eigenvalue weighted by molar-refractivity contribution is 7.91. The number of hydrogen-bond donors (Lipinski definition) is 1. The van der Waals surface area contributed by atoms with Crippen LogP contribution in [0.1, 0.15) is 32.1 Å². The monoisotopic (exact) mass is 282 g/mol. The van der Waals surface area contributed by atoms with Gasteiger partial charge in [-0.3, -0.25) is 4.90 Å². The summed E-state index contributed by atoms with van der Waals surface area (Å²) >= 11 is 0. The molecule has 106 valence electrons. The fourth-order valence-electron chi connectivity index (χ4n) is 2.73. The van der Waals surface area contributed by atoms with Gasteiger partial charge < -0.3 is 5.73 Å². The molecule has 0 saturated heterocycles. The van der Waals surface area contributed by atoms with Gasteiger partial charge in [0.1, 0.15) is 5.88 Å². The van der Waals surface area contributed by atoms with Crippen LogP contribution in [0, 0.1) is 0 Å². The summed E-state index contributed by atoms with van der Waals surface area (Å²) in [5.41, 5.74) is 6.10. The minimum atomic E-state index is -3.34. The van der Waals surface area contributed by atoms with Gasteiger partial charge in [0.05, 0.1) is 10.6 Å². The number of para-hydroxylation sites is 1. The summed E-state index contributed by atoms with van der Waals surface area (Å²) in [5.74, 6) is 0.0475. The summed E-state index contributed by atoms with van der Waals surface area (Å²) in [6.07, 6.45) is 5.85. The van der Waals surface area contributed by atoms with E-state index in [4.69, 9.17) is 5.73 Å². The topological polar surface area (TPSA) is 63.4 Å². The highest BCUT2D eigenvalue weighted by atomic mass is 32.2. The zero-order valence-corrected chi connectivity index (χ0v) is 12.2. The fraction of sp³-hybridized carbons (Fsp3) is 0.571. The molecule has 19 heavy (non-hydrogen) atoms. The third-order valence-electron chi connectivity index (χ3n) is 3.83. The lowest BCUT2D eigenvalue weighted by Gasteiger charge is -2.30. The van der Waals surface area contributed by atoms with Crippen LogP contribution < -0.4 is 5.73 Å². The third kappa shape index (κ3) is 3.48. The van der Waals surface area contributed by atoms with E-state index in [1.807, 2.05) is 11.9 Å². The van der Waals surface area contributed by atoms with Gasteiger partial charge in [0.15, 0.2) is 9.84 Å². The summed E-state index contributed by atoms with van der Waals surface area (Å²) in [5, 5.41) is 0. The largest absolute Gasteiger partial charge is 0.398 e. The number of anilines is 1. The third-order valence-corrected chi connectivity index (χ3v) is 5.61. The van der Waals surface area contributed by atoms with Crippen LogP contribution in [-0.2, 0) is 9.84 Å². The quantitative estimate of drug-likeness (QED) is 0.860. The van der Waals surface area contributed by atoms with Crippen LogP contribution in [0.25, 0.3) is 0 Å². The minimum Gasteiger partial charge on any atom is -0.398 e. The Morgan fingerprint density at radius 2 is 1.84 bits per heavy atom. The first-order chi connectivity index (χ1) is 9.00. The maximum Gasteiger partial charge on any atom is 0.193 e. The lowest BCUT2D eigenvalue weighted by Crippen LogP contribution is -2.37. The van der Waals surface area contributed by atoms with Gasteiger partial charge in [-0.2, -0.15) is 0 Å². The highest BCUT2D eigenvalue weighted by Crippen LogP contribution is 2.24. The van der Waals surface area contributed by atoms with Gasteiger partial charge in [-0.15, -0.1) is 0 Å². The first-order valence-electron chi connectivity index (χ1n) is 6.78. The summed E-state index contributed by atoms with van der Waals surface area (Å²) in [6, 6.07) is 7.06. The van der Waals surface area contributed by atoms with E-state index in [0.717, 1.165) is 12.8 Å². The molecule has 1 saturated carbocycles. The normalized spacial score (nSPS) is 17.8. The molecule has 1 aliphatic carbocycles. The molecule has 1 aliphatic rings. The standard InChI is InChI=1S/C14H22N2O2S/c1-16(12-7-3-2-4-8-12)11-19(17,18)14-10-6-5-9-13(14)15/h5-6,9-10,12H,2-4,7-8,11,15H2,1H3. The molecular weight excluding hydrogens is 260 g/mol. The lowest BCUT2D eigenvalue weighted by molar-refractivity contribution is 0.217. The SMILES string of the molecule is CN(CS(=O)(=O)c1ccccc1N)C1CCCCC1. The van der Waals surface area contributed by atoms with Gasteiger partial charge in [-0.1, -0.05) is 31.4 Å². The molecule has 0 aliphatic heterocycles. The van der Waals surface area contributed by atoms with Crippen molar-refractivity contribution in [3.05, 3.63) is 24.3 Å². The average Bonchev–Trinajstić information content (AvgIpc) is 2.39. The molecule has 0 bridgehead atoms. The zero-order valence-electron chi connectivity index (χ0n) is 11.4. The van der Waals surface area contributed by atoms with Crippen molar-refractivity contribution in [3.8, 4) is 0 Å². The number of nitrogen functional groups attached to an aromatic ring is 1. The van der Waals surface area contributed by atoms with Crippen molar-refractivity contribution in [1.29, 1.82) is 0 Å². The van der Waals surface area contributed by atoms with Crippen molar-refractivity contribution in [2.24, 2.45) is 0 Å². The number of nitrogens with zero attached hydrogens (tertiary/aromatic N) is 1. The maximum atomic E-state index is 12.4. The molecule has 5 heteroatoms. The summed E-state index contributed by atoms with van der Waals surface area (Å²) in [4.78, 5) is 2.21. The van der Waals surface area contributed by atoms with E-state index in [9.17, 15) is 8.42 Å². The van der Waals surface area contributed by atoms with Crippen LogP contribution in [0.4, 0.5) is 5.69 Å². The molecule has 0 aromatic heterocycles. The Hall–Kier alpha value is -1.07. The van der Waals surface area contributed by atoms with Gasteiger partial charge in [0.2, 0.25) is 0 Å². The fourth-order valence-corrected chi connectivity index (χ4v) is 4.33. The van der Waals surface area contributed by atoms with Crippen molar-refractivity contribution in [1.82, 2.24) is 4.90 Å². The highest BCUT2D eigenvalue weighted by Gasteiger charge is 2.24. The summed E-state index contributed by atoms with van der Waals surface area (Å²) in [7, 11) is -1.44. The molecule has 2 rings (SSSR count). The van der Waals surface area contributed by atoms with Crippen LogP contribution in [0.15, 0.2) is 29.2 Å². The Morgan fingerprint density at radius 3 is 2.47 bits per heavy atom. The Balaban J connectivity index is 2.11. The summed E-state index contributed by atoms with van der Waals surface area (Å²) in [6.45, 7) is 0. The Bertz CT molecular complexity index is 522. The second-order valence-corrected chi connectivity index (χ2v) is 7.26. The van der Waals surface area contributed by atoms with Crippen LogP contribution in [0.5, 0.6) is 0 Å². The Labute approximate surface area is 115 Å². The first-order valence-corrected chi connectivity index (χ1v) is 8.43. The van der Waals surface area contributed by atoms with E-state index in [1.54, 1.807) is 24.3 Å². The smallest absolute Gasteiger partial charge is 0.193 e. The van der Waals surface area contributed by atoms with E-state index in [1.165, 1.54) is 19.3 Å². The van der Waals surface area contributed by atoms with Crippen molar-refractivity contribution in [2.75, 3.05) is 18.7 Å². The molecule has 0 radical (unpaired) electrons. The van der Waals surface area contributed by atoms with Crippen LogP contribution in [0.3, 0.4) is 0 Å². The molecule has 1 aromatic carbocycles. The van der Waals surface area contributed by atoms with Crippen LogP contribution in [0.2, 0.25) is 0 Å². The summed E-state index contributed by atoms with van der Waals surface area (Å²) < 4.78 is 24.8. The van der Waals surface area contributed by atoms with E-state index in [-0.39, 0.29) is 10.8 Å². The Kier molecular flexibility index (Phi) is 4.47. The molecule has 2 N–H and O–H groups in total. The van der Waals surface area contributed by atoms with Gasteiger partial charge in [-0.05, 0) is 32.0 Å². The number of hydrogen-bond acceptors (Lipinski definition) is 4. The average molecular weight is 282 g/mol. The van der Waals surface area contributed by atoms with E-state index >= 15 is 0 Å². The number of sulfone groups is 1. The molecule has 0 amide bonds. The van der Waals surface area contributed by atoms with Crippen molar-refractivity contribution in [2.45, 2.75) is 43.0 Å². The van der Waals surface area contributed by atoms with E-state index in [2.05, 4.69) is 0 Å². The molecule has 4 nitrogen and oxygen atoms in total. The van der Waals surface area contributed by atoms with Gasteiger partial charge in [-0.25, -0.2) is 8.42 Å². The van der Waals surface area contributed by atoms with Crippen molar-refractivity contribution < 1.29 is 8.42 Å². The van der Waals surface area contributed by atoms with Gasteiger partial charge in [0.25, 0.3) is 0 Å². The number of rotatable bonds is 4. The van der Waals surface area contributed by atoms with Gasteiger partial charge >= 0.3 is 0 Å². The molecule has 1 aromatic rings. The zero-order chi connectivity index (χ0) is 13.9. The predicted molar refractivity (Wildman–Crippen MR) is 77.5 cm³/mol. The lowest BCUT2D eigenvalue weighted by atomic mass is 9.95. The first kappa shape index (κ1) is 14.3. The minimum absolute atomic E-state index is 0.0475. The number of benzene rings is 1. The Morgan fingerprint density at radius 1 is 1.21 bits per heavy atom. The number of nitrogens with two attached hydrogens (primary N) is 1. The van der Waals surface area contributed by atoms with Crippen molar-refractivity contribution >= 4 is 15.5 Å². The second-order valence-electron chi connectivity index (χ2n) is 5.33. The van der Waals surface area contributed by atoms with Crippen LogP contribution in [-0.4, -0.2) is 32.3 Å². The molecule has 0 unspecified atom stereocenters. The maximum absolute atomic E-state index is 12.4. The van der Waals surface area contributed by atoms with E-state index in [0.29, 0.717) is 11.7 Å². The van der Waals surface area contributed by atoms with Crippen LogP contribution >= 0.6 is 0 Å². The molecular formula is C14H22N2O2S. The van der Waals surface area contributed by atoms with Crippen molar-refractivity contribution in [3.63, 3.8) is 0 Å².